The molecule has 0 bridgehead atoms. The summed E-state index contributed by atoms with van der Waals surface area (Å²) >= 11 is 5.62. The van der Waals surface area contributed by atoms with E-state index < -0.39 is 0 Å². The largest absolute Gasteiger partial charge is 0.383 e. The van der Waals surface area contributed by atoms with Crippen molar-refractivity contribution in [2.24, 2.45) is 5.92 Å². The maximum Gasteiger partial charge on any atom is 0.241 e. The number of alkyl halides is 1. The molecule has 3 nitrogen and oxygen atoms in total. The van der Waals surface area contributed by atoms with Crippen LogP contribution >= 0.6 is 11.6 Å². The monoisotopic (exact) mass is 247 g/mol. The van der Waals surface area contributed by atoms with E-state index in [1.54, 1.807) is 12.0 Å². The van der Waals surface area contributed by atoms with Gasteiger partial charge in [-0.05, 0) is 19.8 Å². The van der Waals surface area contributed by atoms with Crippen LogP contribution in [0.2, 0.25) is 0 Å². The van der Waals surface area contributed by atoms with Crippen molar-refractivity contribution >= 4 is 17.5 Å². The molecule has 0 saturated carbocycles. The summed E-state index contributed by atoms with van der Waals surface area (Å²) in [4.78, 5) is 13.5. The van der Waals surface area contributed by atoms with E-state index >= 15 is 0 Å². The van der Waals surface area contributed by atoms with Crippen LogP contribution in [-0.2, 0) is 9.53 Å². The van der Waals surface area contributed by atoms with Gasteiger partial charge in [-0.2, -0.15) is 0 Å². The Labute approximate surface area is 103 Å². The van der Waals surface area contributed by atoms with Gasteiger partial charge in [0.05, 0.1) is 6.61 Å². The molecule has 0 heterocycles. The van der Waals surface area contributed by atoms with Gasteiger partial charge < -0.3 is 9.64 Å². The Morgan fingerprint density at radius 1 is 1.38 bits per heavy atom. The molecule has 94 valence electrons. The van der Waals surface area contributed by atoms with Gasteiger partial charge in [0.2, 0.25) is 5.91 Å². The fourth-order valence-electron chi connectivity index (χ4n) is 1.79. The summed E-state index contributed by atoms with van der Waals surface area (Å²) in [7, 11) is 1.63. The SMILES string of the molecule is COCCN(C(=O)CCl)C(=C(C)C)C(C)C. The first-order chi connectivity index (χ1) is 7.45. The minimum Gasteiger partial charge on any atom is -0.383 e. The van der Waals surface area contributed by atoms with Crippen LogP contribution in [0.4, 0.5) is 0 Å². The van der Waals surface area contributed by atoms with E-state index in [0.717, 1.165) is 11.3 Å². The topological polar surface area (TPSA) is 29.5 Å². The zero-order chi connectivity index (χ0) is 12.7. The molecule has 0 aliphatic heterocycles. The lowest BCUT2D eigenvalue weighted by Crippen LogP contribution is -2.36. The number of carbonyl (C=O) groups is 1. The predicted octanol–water partition coefficient (Wildman–Crippen LogP) is 2.65. The number of carbonyl (C=O) groups excluding carboxylic acids is 1. The van der Waals surface area contributed by atoms with Gasteiger partial charge in [-0.3, -0.25) is 4.79 Å². The van der Waals surface area contributed by atoms with Crippen molar-refractivity contribution in [2.45, 2.75) is 27.7 Å². The normalized spacial score (nSPS) is 10.4. The van der Waals surface area contributed by atoms with Gasteiger partial charge in [-0.25, -0.2) is 0 Å². The van der Waals surface area contributed by atoms with Crippen LogP contribution in [0.15, 0.2) is 11.3 Å². The highest BCUT2D eigenvalue weighted by molar-refractivity contribution is 6.27. The van der Waals surface area contributed by atoms with Gasteiger partial charge in [0.15, 0.2) is 0 Å². The molecule has 0 spiro atoms. The Morgan fingerprint density at radius 3 is 2.25 bits per heavy atom. The van der Waals surface area contributed by atoms with E-state index in [2.05, 4.69) is 13.8 Å². The van der Waals surface area contributed by atoms with Crippen molar-refractivity contribution in [3.63, 3.8) is 0 Å². The summed E-state index contributed by atoms with van der Waals surface area (Å²) in [6.45, 7) is 9.24. The second-order valence-electron chi connectivity index (χ2n) is 4.21. The average Bonchev–Trinajstić information content (AvgIpc) is 2.21. The third-order valence-corrected chi connectivity index (χ3v) is 2.51. The Bertz CT molecular complexity index is 258. The predicted molar refractivity (Wildman–Crippen MR) is 67.5 cm³/mol. The van der Waals surface area contributed by atoms with Gasteiger partial charge >= 0.3 is 0 Å². The molecule has 0 rings (SSSR count). The van der Waals surface area contributed by atoms with Gasteiger partial charge in [-0.15, -0.1) is 11.6 Å². The fourth-order valence-corrected chi connectivity index (χ4v) is 1.94. The lowest BCUT2D eigenvalue weighted by molar-refractivity contribution is -0.127. The molecule has 0 fully saturated rings. The molecule has 4 heteroatoms. The van der Waals surface area contributed by atoms with Crippen molar-refractivity contribution < 1.29 is 9.53 Å². The van der Waals surface area contributed by atoms with Crippen molar-refractivity contribution in [1.29, 1.82) is 0 Å². The zero-order valence-corrected chi connectivity index (χ0v) is 11.6. The number of methoxy groups -OCH3 is 1. The van der Waals surface area contributed by atoms with E-state index in [0.29, 0.717) is 19.1 Å². The minimum atomic E-state index is -0.0661. The number of ether oxygens (including phenoxy) is 1. The number of allylic oxidation sites excluding steroid dienone is 2. The summed E-state index contributed by atoms with van der Waals surface area (Å²) < 4.78 is 5.02. The summed E-state index contributed by atoms with van der Waals surface area (Å²) in [6.07, 6.45) is 0. The molecule has 0 unspecified atom stereocenters. The van der Waals surface area contributed by atoms with Gasteiger partial charge in [0.25, 0.3) is 0 Å². The Hall–Kier alpha value is -0.540. The van der Waals surface area contributed by atoms with Gasteiger partial charge in [0, 0.05) is 19.4 Å². The highest BCUT2D eigenvalue weighted by Gasteiger charge is 2.20. The molecule has 0 aromatic heterocycles. The quantitative estimate of drug-likeness (QED) is 0.676. The first-order valence-electron chi connectivity index (χ1n) is 5.48. The van der Waals surface area contributed by atoms with E-state index in [9.17, 15) is 4.79 Å². The average molecular weight is 248 g/mol. The number of halogens is 1. The molecule has 0 aliphatic carbocycles. The minimum absolute atomic E-state index is 0.00716. The molecule has 0 N–H and O–H groups in total. The maximum absolute atomic E-state index is 11.8. The molecule has 16 heavy (non-hydrogen) atoms. The van der Waals surface area contributed by atoms with E-state index in [-0.39, 0.29) is 11.8 Å². The number of amides is 1. The Balaban J connectivity index is 4.98. The highest BCUT2D eigenvalue weighted by Crippen LogP contribution is 2.20. The smallest absolute Gasteiger partial charge is 0.241 e. The molecular weight excluding hydrogens is 226 g/mol. The second kappa shape index (κ2) is 7.69. The summed E-state index contributed by atoms with van der Waals surface area (Å²) in [5, 5.41) is 0. The Morgan fingerprint density at radius 2 is 1.94 bits per heavy atom. The fraction of sp³-hybridized carbons (Fsp3) is 0.750. The Kier molecular flexibility index (Phi) is 7.43. The first-order valence-corrected chi connectivity index (χ1v) is 6.01. The van der Waals surface area contributed by atoms with Crippen molar-refractivity contribution in [3.8, 4) is 0 Å². The van der Waals surface area contributed by atoms with Crippen LogP contribution in [0, 0.1) is 5.92 Å². The standard InChI is InChI=1S/C12H22ClNO2/c1-9(2)12(10(3)4)14(6-7-16-5)11(15)8-13/h9H,6-8H2,1-5H3. The van der Waals surface area contributed by atoms with Crippen LogP contribution in [0.25, 0.3) is 0 Å². The van der Waals surface area contributed by atoms with Crippen LogP contribution in [0.5, 0.6) is 0 Å². The van der Waals surface area contributed by atoms with Gasteiger partial charge in [-0.1, -0.05) is 19.4 Å². The summed E-state index contributed by atoms with van der Waals surface area (Å²) in [5.41, 5.74) is 2.19. The number of nitrogens with zero attached hydrogens (tertiary/aromatic N) is 1. The maximum atomic E-state index is 11.8. The third kappa shape index (κ3) is 4.54. The number of rotatable bonds is 6. The molecule has 0 aliphatic rings. The molecule has 0 atom stereocenters. The summed E-state index contributed by atoms with van der Waals surface area (Å²) in [5.74, 6) is 0.241. The lowest BCUT2D eigenvalue weighted by Gasteiger charge is -2.28. The summed E-state index contributed by atoms with van der Waals surface area (Å²) in [6, 6.07) is 0. The molecule has 0 saturated heterocycles. The number of hydrogen-bond acceptors (Lipinski definition) is 2. The highest BCUT2D eigenvalue weighted by atomic mass is 35.5. The van der Waals surface area contributed by atoms with Crippen molar-refractivity contribution in [2.75, 3.05) is 26.1 Å². The molecule has 0 radical (unpaired) electrons. The van der Waals surface area contributed by atoms with E-state index in [4.69, 9.17) is 16.3 Å². The molecule has 0 aromatic carbocycles. The van der Waals surface area contributed by atoms with Crippen molar-refractivity contribution in [3.05, 3.63) is 11.3 Å². The molecular formula is C12H22ClNO2. The molecule has 1 amide bonds. The second-order valence-corrected chi connectivity index (χ2v) is 4.48. The third-order valence-electron chi connectivity index (χ3n) is 2.28. The first kappa shape index (κ1) is 15.5. The zero-order valence-electron chi connectivity index (χ0n) is 10.8. The molecule has 0 aromatic rings. The van der Waals surface area contributed by atoms with Crippen LogP contribution in [-0.4, -0.2) is 36.9 Å². The lowest BCUT2D eigenvalue weighted by atomic mass is 10.0. The van der Waals surface area contributed by atoms with E-state index in [1.165, 1.54) is 0 Å². The van der Waals surface area contributed by atoms with Crippen LogP contribution in [0.3, 0.4) is 0 Å². The van der Waals surface area contributed by atoms with Crippen molar-refractivity contribution in [1.82, 2.24) is 4.90 Å². The van der Waals surface area contributed by atoms with Gasteiger partial charge in [0.1, 0.15) is 5.88 Å². The van der Waals surface area contributed by atoms with Crippen LogP contribution in [0.1, 0.15) is 27.7 Å². The van der Waals surface area contributed by atoms with Crippen LogP contribution < -0.4 is 0 Å². The van der Waals surface area contributed by atoms with E-state index in [1.807, 2.05) is 13.8 Å². The number of hydrogen-bond donors (Lipinski definition) is 0.